The van der Waals surface area contributed by atoms with Crippen LogP contribution in [0.1, 0.15) is 56.6 Å². The number of unbranched alkanes of at least 4 members (excludes halogenated alkanes) is 5. The Morgan fingerprint density at radius 1 is 0.875 bits per heavy atom. The summed E-state index contributed by atoms with van der Waals surface area (Å²) in [5.74, 6) is 0. The minimum Gasteiger partial charge on any atom is -0.263 e. The molecule has 0 aliphatic heterocycles. The Morgan fingerprint density at radius 3 is 1.92 bits per heavy atom. The highest BCUT2D eigenvalue weighted by atomic mass is 32.2. The summed E-state index contributed by atoms with van der Waals surface area (Å²) in [6.07, 6.45) is 8.45. The Morgan fingerprint density at radius 2 is 1.38 bits per heavy atom. The van der Waals surface area contributed by atoms with Gasteiger partial charge in [0.1, 0.15) is 0 Å². The molecule has 0 aliphatic rings. The zero-order valence-electron chi connectivity index (χ0n) is 13.9. The van der Waals surface area contributed by atoms with Gasteiger partial charge in [-0.1, -0.05) is 63.3 Å². The molecule has 0 spiro atoms. The summed E-state index contributed by atoms with van der Waals surface area (Å²) in [5, 5.41) is 0. The smallest absolute Gasteiger partial charge is 0.263 e. The van der Waals surface area contributed by atoms with E-state index in [1.807, 2.05) is 12.1 Å². The van der Waals surface area contributed by atoms with Gasteiger partial charge >= 0.3 is 15.6 Å². The third kappa shape index (κ3) is 7.66. The molecule has 0 heterocycles. The first-order valence-corrected chi connectivity index (χ1v) is 9.70. The minimum atomic E-state index is -5.50. The van der Waals surface area contributed by atoms with E-state index in [4.69, 9.17) is 0 Å². The molecule has 0 aromatic heterocycles. The van der Waals surface area contributed by atoms with Crippen LogP contribution in [0.3, 0.4) is 0 Å². The number of hydrogen-bond acceptors (Lipinski definition) is 3. The van der Waals surface area contributed by atoms with Crippen LogP contribution in [0.15, 0.2) is 24.3 Å². The second kappa shape index (κ2) is 10.0. The molecule has 24 heavy (non-hydrogen) atoms. The van der Waals surface area contributed by atoms with E-state index >= 15 is 0 Å². The minimum absolute atomic E-state index is 0.118. The van der Waals surface area contributed by atoms with Gasteiger partial charge in [0.15, 0.2) is 0 Å². The van der Waals surface area contributed by atoms with Gasteiger partial charge in [0.25, 0.3) is 0 Å². The van der Waals surface area contributed by atoms with Crippen molar-refractivity contribution in [2.45, 2.75) is 63.8 Å². The van der Waals surface area contributed by atoms with E-state index in [0.717, 1.165) is 18.4 Å². The first-order chi connectivity index (χ1) is 11.3. The van der Waals surface area contributed by atoms with Crippen LogP contribution in [0.25, 0.3) is 0 Å². The van der Waals surface area contributed by atoms with Crippen molar-refractivity contribution in [1.29, 1.82) is 0 Å². The SMILES string of the molecule is CCCCCCCCc1ccc(CCOS(=O)(=O)C(F)(F)F)cc1. The number of benzene rings is 1. The Bertz CT molecular complexity index is 566. The molecule has 0 radical (unpaired) electrons. The average Bonchev–Trinajstić information content (AvgIpc) is 2.51. The zero-order chi connectivity index (χ0) is 18.1. The highest BCUT2D eigenvalue weighted by molar-refractivity contribution is 7.87. The maximum atomic E-state index is 12.1. The standard InChI is InChI=1S/C17H25F3O3S/c1-2-3-4-5-6-7-8-15-9-11-16(12-10-15)13-14-23-24(21,22)17(18,19)20/h9-12H,2-8,13-14H2,1H3. The fourth-order valence-corrected chi connectivity index (χ4v) is 2.75. The van der Waals surface area contributed by atoms with Crippen LogP contribution >= 0.6 is 0 Å². The molecule has 0 N–H and O–H groups in total. The molecule has 0 bridgehead atoms. The normalized spacial score (nSPS) is 12.5. The maximum absolute atomic E-state index is 12.1. The van der Waals surface area contributed by atoms with E-state index in [1.165, 1.54) is 37.7 Å². The van der Waals surface area contributed by atoms with Gasteiger partial charge in [-0.3, -0.25) is 4.18 Å². The van der Waals surface area contributed by atoms with Crippen molar-refractivity contribution in [1.82, 2.24) is 0 Å². The van der Waals surface area contributed by atoms with E-state index in [0.29, 0.717) is 0 Å². The lowest BCUT2D eigenvalue weighted by Gasteiger charge is -2.08. The number of hydrogen-bond donors (Lipinski definition) is 0. The van der Waals surface area contributed by atoms with Crippen LogP contribution in [0.4, 0.5) is 13.2 Å². The predicted molar refractivity (Wildman–Crippen MR) is 88.2 cm³/mol. The predicted octanol–water partition coefficient (Wildman–Crippen LogP) is 5.00. The van der Waals surface area contributed by atoms with Gasteiger partial charge in [-0.2, -0.15) is 21.6 Å². The van der Waals surface area contributed by atoms with Gasteiger partial charge in [-0.15, -0.1) is 0 Å². The lowest BCUT2D eigenvalue weighted by molar-refractivity contribution is -0.0541. The van der Waals surface area contributed by atoms with Crippen LogP contribution in [-0.2, 0) is 27.1 Å². The Balaban J connectivity index is 2.30. The summed E-state index contributed by atoms with van der Waals surface area (Å²) in [6.45, 7) is 1.67. The lowest BCUT2D eigenvalue weighted by atomic mass is 10.0. The number of halogens is 3. The van der Waals surface area contributed by atoms with E-state index in [1.54, 1.807) is 12.1 Å². The second-order valence-corrected chi connectivity index (χ2v) is 7.41. The molecule has 0 aliphatic carbocycles. The topological polar surface area (TPSA) is 43.4 Å². The lowest BCUT2D eigenvalue weighted by Crippen LogP contribution is -2.26. The van der Waals surface area contributed by atoms with Crippen LogP contribution in [0, 0.1) is 0 Å². The first-order valence-electron chi connectivity index (χ1n) is 8.30. The van der Waals surface area contributed by atoms with E-state index in [-0.39, 0.29) is 6.42 Å². The van der Waals surface area contributed by atoms with Gasteiger partial charge in [0.05, 0.1) is 6.61 Å². The van der Waals surface area contributed by atoms with E-state index in [2.05, 4.69) is 11.1 Å². The molecular weight excluding hydrogens is 341 g/mol. The van der Waals surface area contributed by atoms with Crippen LogP contribution < -0.4 is 0 Å². The molecule has 0 saturated heterocycles. The van der Waals surface area contributed by atoms with Crippen molar-refractivity contribution in [3.8, 4) is 0 Å². The summed E-state index contributed by atoms with van der Waals surface area (Å²) in [6, 6.07) is 7.46. The average molecular weight is 366 g/mol. The van der Waals surface area contributed by atoms with E-state index in [9.17, 15) is 21.6 Å². The molecular formula is C17H25F3O3S. The van der Waals surface area contributed by atoms with Crippen LogP contribution in [0.2, 0.25) is 0 Å². The Hall–Kier alpha value is -1.08. The molecule has 0 unspecified atom stereocenters. The fraction of sp³-hybridized carbons (Fsp3) is 0.647. The monoisotopic (exact) mass is 366 g/mol. The quantitative estimate of drug-likeness (QED) is 0.314. The first kappa shape index (κ1) is 21.0. The van der Waals surface area contributed by atoms with Gasteiger partial charge in [0, 0.05) is 0 Å². The highest BCUT2D eigenvalue weighted by Crippen LogP contribution is 2.24. The molecule has 1 rings (SSSR count). The molecule has 1 aromatic rings. The van der Waals surface area contributed by atoms with Crippen LogP contribution in [-0.4, -0.2) is 20.5 Å². The molecule has 138 valence electrons. The van der Waals surface area contributed by atoms with Gasteiger partial charge in [-0.25, -0.2) is 0 Å². The summed E-state index contributed by atoms with van der Waals surface area (Å²) in [5.41, 5.74) is -3.44. The summed E-state index contributed by atoms with van der Waals surface area (Å²) >= 11 is 0. The van der Waals surface area contributed by atoms with Crippen molar-refractivity contribution < 1.29 is 25.8 Å². The molecule has 0 fully saturated rings. The van der Waals surface area contributed by atoms with Crippen molar-refractivity contribution >= 4 is 10.1 Å². The van der Waals surface area contributed by atoms with Crippen molar-refractivity contribution in [3.63, 3.8) is 0 Å². The van der Waals surface area contributed by atoms with E-state index < -0.39 is 22.2 Å². The summed E-state index contributed by atoms with van der Waals surface area (Å²) in [4.78, 5) is 0. The van der Waals surface area contributed by atoms with Crippen molar-refractivity contribution in [2.24, 2.45) is 0 Å². The fourth-order valence-electron chi connectivity index (χ4n) is 2.32. The molecule has 1 aromatic carbocycles. The second-order valence-electron chi connectivity index (χ2n) is 5.81. The molecule has 0 atom stereocenters. The summed E-state index contributed by atoms with van der Waals surface area (Å²) in [7, 11) is -5.50. The number of rotatable bonds is 11. The zero-order valence-corrected chi connectivity index (χ0v) is 14.8. The number of aryl methyl sites for hydroxylation is 1. The number of alkyl halides is 3. The van der Waals surface area contributed by atoms with Gasteiger partial charge in [0.2, 0.25) is 0 Å². The van der Waals surface area contributed by atoms with Gasteiger partial charge < -0.3 is 0 Å². The third-order valence-electron chi connectivity index (χ3n) is 3.75. The molecule has 0 saturated carbocycles. The third-order valence-corrected chi connectivity index (χ3v) is 4.80. The molecule has 0 amide bonds. The largest absolute Gasteiger partial charge is 0.523 e. The van der Waals surface area contributed by atoms with Crippen molar-refractivity contribution in [2.75, 3.05) is 6.61 Å². The molecule has 7 heteroatoms. The van der Waals surface area contributed by atoms with Crippen molar-refractivity contribution in [3.05, 3.63) is 35.4 Å². The maximum Gasteiger partial charge on any atom is 0.523 e. The van der Waals surface area contributed by atoms with Crippen LogP contribution in [0.5, 0.6) is 0 Å². The summed E-state index contributed by atoms with van der Waals surface area (Å²) < 4.78 is 61.9. The Labute approximate surface area is 142 Å². The molecule has 3 nitrogen and oxygen atoms in total. The van der Waals surface area contributed by atoms with Gasteiger partial charge in [-0.05, 0) is 30.4 Å². The Kier molecular flexibility index (Phi) is 8.76. The highest BCUT2D eigenvalue weighted by Gasteiger charge is 2.47.